The first-order valence-corrected chi connectivity index (χ1v) is 8.44. The SMILES string of the molecule is CCCc1ccc2cc(-c3ccccc3)[s+](C(F)(F)F)c2c1. The Morgan fingerprint density at radius 2 is 1.68 bits per heavy atom. The smallest absolute Gasteiger partial charge is 0.118 e. The molecule has 0 aliphatic rings. The average molecular weight is 321 g/mol. The summed E-state index contributed by atoms with van der Waals surface area (Å²) in [6.07, 6.45) is 1.74. The summed E-state index contributed by atoms with van der Waals surface area (Å²) in [5, 5.41) is 0.694. The van der Waals surface area contributed by atoms with E-state index in [1.54, 1.807) is 36.4 Å². The van der Waals surface area contributed by atoms with Crippen LogP contribution in [0.3, 0.4) is 0 Å². The Bertz CT molecular complexity index is 785. The third-order valence-electron chi connectivity index (χ3n) is 3.63. The fourth-order valence-corrected chi connectivity index (χ4v) is 4.67. The van der Waals surface area contributed by atoms with Gasteiger partial charge in [0.2, 0.25) is 0 Å². The summed E-state index contributed by atoms with van der Waals surface area (Å²) in [7, 11) is -1.86. The van der Waals surface area contributed by atoms with Crippen molar-refractivity contribution in [2.75, 3.05) is 0 Å². The van der Waals surface area contributed by atoms with Gasteiger partial charge >= 0.3 is 5.51 Å². The van der Waals surface area contributed by atoms with E-state index in [1.807, 2.05) is 25.1 Å². The zero-order valence-electron chi connectivity index (χ0n) is 12.2. The highest BCUT2D eigenvalue weighted by molar-refractivity contribution is 7.41. The molecule has 0 saturated heterocycles. The van der Waals surface area contributed by atoms with Crippen molar-refractivity contribution in [2.45, 2.75) is 25.3 Å². The van der Waals surface area contributed by atoms with Crippen LogP contribution in [0.4, 0.5) is 13.2 Å². The molecule has 0 aliphatic heterocycles. The highest BCUT2D eigenvalue weighted by Crippen LogP contribution is 2.54. The standard InChI is InChI=1S/C18H16F3S/c1-2-6-13-9-10-15-12-17(14-7-4-3-5-8-14)22(16(15)11-13)18(19,20)21/h3-5,7-12H,2,6H2,1H3/q+1. The van der Waals surface area contributed by atoms with E-state index in [1.165, 1.54) is 0 Å². The van der Waals surface area contributed by atoms with Crippen molar-refractivity contribution >= 4 is 20.6 Å². The molecule has 0 bridgehead atoms. The lowest BCUT2D eigenvalue weighted by molar-refractivity contribution is -0.0864. The molecule has 0 N–H and O–H groups in total. The first-order valence-electron chi connectivity index (χ1n) is 7.22. The van der Waals surface area contributed by atoms with Crippen molar-refractivity contribution in [3.8, 4) is 10.4 Å². The molecule has 0 saturated carbocycles. The van der Waals surface area contributed by atoms with Gasteiger partial charge in [-0.25, -0.2) is 0 Å². The van der Waals surface area contributed by atoms with Crippen molar-refractivity contribution in [3.05, 3.63) is 60.2 Å². The van der Waals surface area contributed by atoms with Crippen molar-refractivity contribution in [1.29, 1.82) is 0 Å². The Balaban J connectivity index is 2.28. The number of aryl methyl sites for hydroxylation is 1. The van der Waals surface area contributed by atoms with E-state index >= 15 is 0 Å². The topological polar surface area (TPSA) is 0 Å². The minimum atomic E-state index is -4.25. The van der Waals surface area contributed by atoms with E-state index in [2.05, 4.69) is 0 Å². The Morgan fingerprint density at radius 3 is 2.32 bits per heavy atom. The second-order valence-corrected chi connectivity index (χ2v) is 7.20. The number of rotatable bonds is 3. The Morgan fingerprint density at radius 1 is 0.955 bits per heavy atom. The molecule has 0 spiro atoms. The van der Waals surface area contributed by atoms with E-state index in [0.717, 1.165) is 18.4 Å². The zero-order valence-corrected chi connectivity index (χ0v) is 13.0. The molecule has 1 unspecified atom stereocenters. The second-order valence-electron chi connectivity index (χ2n) is 5.25. The zero-order chi connectivity index (χ0) is 15.7. The minimum absolute atomic E-state index is 0.372. The summed E-state index contributed by atoms with van der Waals surface area (Å²) in [6, 6.07) is 16.1. The van der Waals surface area contributed by atoms with E-state index in [9.17, 15) is 13.2 Å². The predicted molar refractivity (Wildman–Crippen MR) is 87.2 cm³/mol. The molecule has 1 aromatic heterocycles. The van der Waals surface area contributed by atoms with E-state index in [-0.39, 0.29) is 0 Å². The lowest BCUT2D eigenvalue weighted by atomic mass is 10.1. The fraction of sp³-hybridized carbons (Fsp3) is 0.222. The van der Waals surface area contributed by atoms with Crippen LogP contribution >= 0.6 is 10.5 Å². The Hall–Kier alpha value is -1.81. The van der Waals surface area contributed by atoms with Crippen molar-refractivity contribution in [3.63, 3.8) is 0 Å². The summed E-state index contributed by atoms with van der Waals surface area (Å²) >= 11 is 0. The van der Waals surface area contributed by atoms with Gasteiger partial charge in [0.15, 0.2) is 9.58 Å². The monoisotopic (exact) mass is 321 g/mol. The number of hydrogen-bond acceptors (Lipinski definition) is 0. The van der Waals surface area contributed by atoms with Gasteiger partial charge in [0.25, 0.3) is 0 Å². The maximum Gasteiger partial charge on any atom is 0.601 e. The number of fused-ring (bicyclic) bond motifs is 1. The number of benzene rings is 2. The summed E-state index contributed by atoms with van der Waals surface area (Å²) in [5.74, 6) is 0. The summed E-state index contributed by atoms with van der Waals surface area (Å²) in [6.45, 7) is 2.03. The third-order valence-corrected chi connectivity index (χ3v) is 5.68. The summed E-state index contributed by atoms with van der Waals surface area (Å²) < 4.78 is 41.4. The van der Waals surface area contributed by atoms with Gasteiger partial charge in [-0.3, -0.25) is 0 Å². The molecule has 2 aromatic carbocycles. The first-order chi connectivity index (χ1) is 10.5. The molecule has 0 nitrogen and oxygen atoms in total. The van der Waals surface area contributed by atoms with Gasteiger partial charge in [-0.2, -0.15) is 0 Å². The van der Waals surface area contributed by atoms with Gasteiger partial charge in [0.05, 0.1) is 0 Å². The van der Waals surface area contributed by atoms with Crippen molar-refractivity contribution in [1.82, 2.24) is 0 Å². The fourth-order valence-electron chi connectivity index (χ4n) is 2.69. The molecule has 3 rings (SSSR count). The van der Waals surface area contributed by atoms with Gasteiger partial charge in [0, 0.05) is 23.1 Å². The Kier molecular flexibility index (Phi) is 3.96. The molecule has 1 atom stereocenters. The van der Waals surface area contributed by atoms with Crippen LogP contribution in [0.25, 0.3) is 20.5 Å². The minimum Gasteiger partial charge on any atom is -0.118 e. The van der Waals surface area contributed by atoms with Crippen LogP contribution in [0.1, 0.15) is 18.9 Å². The average Bonchev–Trinajstić information content (AvgIpc) is 2.87. The molecule has 1 heterocycles. The van der Waals surface area contributed by atoms with Crippen LogP contribution < -0.4 is 0 Å². The van der Waals surface area contributed by atoms with E-state index in [4.69, 9.17) is 0 Å². The highest BCUT2D eigenvalue weighted by Gasteiger charge is 2.48. The van der Waals surface area contributed by atoms with Crippen LogP contribution in [-0.2, 0) is 11.9 Å². The number of alkyl halides is 3. The van der Waals surface area contributed by atoms with Gasteiger partial charge < -0.3 is 0 Å². The molecular weight excluding hydrogens is 305 g/mol. The van der Waals surface area contributed by atoms with Crippen molar-refractivity contribution < 1.29 is 13.2 Å². The lowest BCUT2D eigenvalue weighted by Crippen LogP contribution is -1.96. The summed E-state index contributed by atoms with van der Waals surface area (Å²) in [5.41, 5.74) is -2.63. The highest BCUT2D eigenvalue weighted by atomic mass is 32.2. The number of thiophene rings is 1. The van der Waals surface area contributed by atoms with Crippen LogP contribution in [0.2, 0.25) is 0 Å². The largest absolute Gasteiger partial charge is 0.601 e. The van der Waals surface area contributed by atoms with Crippen molar-refractivity contribution in [2.24, 2.45) is 0 Å². The van der Waals surface area contributed by atoms with Gasteiger partial charge in [0.1, 0.15) is 10.5 Å². The number of hydrogen-bond donors (Lipinski definition) is 0. The summed E-state index contributed by atoms with van der Waals surface area (Å²) in [4.78, 5) is 0.372. The second kappa shape index (κ2) is 5.76. The predicted octanol–water partition coefficient (Wildman–Crippen LogP) is 6.68. The Labute approximate surface area is 130 Å². The maximum absolute atomic E-state index is 13.7. The lowest BCUT2D eigenvalue weighted by Gasteiger charge is -2.01. The first kappa shape index (κ1) is 15.1. The van der Waals surface area contributed by atoms with Gasteiger partial charge in [-0.15, -0.1) is 13.2 Å². The molecule has 114 valence electrons. The molecule has 0 fully saturated rings. The van der Waals surface area contributed by atoms with Crippen LogP contribution in [0.5, 0.6) is 0 Å². The molecular formula is C18H16F3S+. The molecule has 4 heteroatoms. The van der Waals surface area contributed by atoms with Gasteiger partial charge in [-0.05, 0) is 30.2 Å². The third kappa shape index (κ3) is 2.75. The molecule has 22 heavy (non-hydrogen) atoms. The van der Waals surface area contributed by atoms with E-state index in [0.29, 0.717) is 20.5 Å². The van der Waals surface area contributed by atoms with E-state index < -0.39 is 16.0 Å². The van der Waals surface area contributed by atoms with Crippen LogP contribution in [-0.4, -0.2) is 0 Å². The number of halogens is 3. The van der Waals surface area contributed by atoms with Crippen LogP contribution in [0.15, 0.2) is 54.6 Å². The molecule has 0 aliphatic carbocycles. The maximum atomic E-state index is 13.7. The van der Waals surface area contributed by atoms with Gasteiger partial charge in [-0.1, -0.05) is 37.6 Å². The molecule has 0 radical (unpaired) electrons. The molecule has 0 amide bonds. The normalized spacial score (nSPS) is 12.8. The quantitative estimate of drug-likeness (QED) is 0.472. The molecule has 3 aromatic rings. The van der Waals surface area contributed by atoms with Crippen LogP contribution in [0, 0.1) is 0 Å².